The molecule has 0 saturated carbocycles. The maximum Gasteiger partial charge on any atom is 0.279 e. The van der Waals surface area contributed by atoms with Gasteiger partial charge in [-0.05, 0) is 42.8 Å². The van der Waals surface area contributed by atoms with Crippen LogP contribution >= 0.6 is 27.3 Å². The standard InChI is InChI=1S/C18H17BrN2O2S/c1-3-11-21-16-14(23-2)5-4-6-15(16)24-18(21)20-17(22)12-7-9-13(19)10-8-12/h4-10H,3,11H2,1-2H3. The molecule has 1 amide bonds. The Bertz CT molecular complexity index is 942. The van der Waals surface area contributed by atoms with E-state index >= 15 is 0 Å². The third-order valence-electron chi connectivity index (χ3n) is 3.62. The van der Waals surface area contributed by atoms with Crippen LogP contribution < -0.4 is 9.54 Å². The Morgan fingerprint density at radius 3 is 2.67 bits per heavy atom. The van der Waals surface area contributed by atoms with Gasteiger partial charge in [-0.3, -0.25) is 4.79 Å². The summed E-state index contributed by atoms with van der Waals surface area (Å²) in [7, 11) is 1.66. The van der Waals surface area contributed by atoms with Crippen molar-refractivity contribution in [2.75, 3.05) is 7.11 Å². The average molecular weight is 405 g/mol. The number of benzene rings is 2. The third kappa shape index (κ3) is 3.30. The summed E-state index contributed by atoms with van der Waals surface area (Å²) >= 11 is 4.88. The van der Waals surface area contributed by atoms with E-state index < -0.39 is 0 Å². The summed E-state index contributed by atoms with van der Waals surface area (Å²) in [5.74, 6) is 0.563. The van der Waals surface area contributed by atoms with Crippen LogP contribution in [0.25, 0.3) is 10.2 Å². The van der Waals surface area contributed by atoms with Crippen molar-refractivity contribution in [3.63, 3.8) is 0 Å². The minimum Gasteiger partial charge on any atom is -0.495 e. The Balaban J connectivity index is 2.16. The van der Waals surface area contributed by atoms with Gasteiger partial charge in [-0.2, -0.15) is 4.99 Å². The molecule has 0 atom stereocenters. The molecule has 0 radical (unpaired) electrons. The van der Waals surface area contributed by atoms with Gasteiger partial charge in [0.2, 0.25) is 0 Å². The molecule has 24 heavy (non-hydrogen) atoms. The molecule has 0 saturated heterocycles. The van der Waals surface area contributed by atoms with Crippen LogP contribution in [0.4, 0.5) is 0 Å². The number of hydrogen-bond donors (Lipinski definition) is 0. The number of halogens is 1. The van der Waals surface area contributed by atoms with Gasteiger partial charge in [-0.25, -0.2) is 0 Å². The van der Waals surface area contributed by atoms with E-state index in [1.807, 2.05) is 30.3 Å². The molecule has 3 aromatic rings. The van der Waals surface area contributed by atoms with Gasteiger partial charge in [-0.15, -0.1) is 0 Å². The highest BCUT2D eigenvalue weighted by atomic mass is 79.9. The molecule has 2 aromatic carbocycles. The van der Waals surface area contributed by atoms with Gasteiger partial charge in [-0.1, -0.05) is 40.3 Å². The fourth-order valence-corrected chi connectivity index (χ4v) is 3.86. The number of aryl methyl sites for hydroxylation is 1. The highest BCUT2D eigenvalue weighted by Gasteiger charge is 2.12. The van der Waals surface area contributed by atoms with E-state index in [1.54, 1.807) is 19.2 Å². The van der Waals surface area contributed by atoms with Gasteiger partial charge in [0.25, 0.3) is 5.91 Å². The summed E-state index contributed by atoms with van der Waals surface area (Å²) in [4.78, 5) is 17.6. The van der Waals surface area contributed by atoms with Gasteiger partial charge in [0.15, 0.2) is 4.80 Å². The first-order valence-corrected chi connectivity index (χ1v) is 9.26. The molecule has 3 rings (SSSR count). The van der Waals surface area contributed by atoms with E-state index in [4.69, 9.17) is 4.74 Å². The summed E-state index contributed by atoms with van der Waals surface area (Å²) < 4.78 is 9.55. The lowest BCUT2D eigenvalue weighted by Crippen LogP contribution is -2.17. The number of fused-ring (bicyclic) bond motifs is 1. The minimum absolute atomic E-state index is 0.238. The second kappa shape index (κ2) is 7.32. The molecule has 0 aliphatic rings. The zero-order valence-corrected chi connectivity index (χ0v) is 15.9. The van der Waals surface area contributed by atoms with Crippen molar-refractivity contribution in [2.45, 2.75) is 19.9 Å². The Morgan fingerprint density at radius 2 is 2.00 bits per heavy atom. The van der Waals surface area contributed by atoms with Crippen LogP contribution in [0.1, 0.15) is 23.7 Å². The molecular formula is C18H17BrN2O2S. The summed E-state index contributed by atoms with van der Waals surface area (Å²) in [6.07, 6.45) is 0.948. The summed E-state index contributed by atoms with van der Waals surface area (Å²) in [5.41, 5.74) is 1.57. The number of nitrogens with zero attached hydrogens (tertiary/aromatic N) is 2. The van der Waals surface area contributed by atoms with Crippen molar-refractivity contribution in [3.8, 4) is 5.75 Å². The van der Waals surface area contributed by atoms with Crippen LogP contribution in [0.15, 0.2) is 51.9 Å². The third-order valence-corrected chi connectivity index (χ3v) is 5.19. The lowest BCUT2D eigenvalue weighted by molar-refractivity contribution is 0.0998. The van der Waals surface area contributed by atoms with Crippen LogP contribution in [0.3, 0.4) is 0 Å². The zero-order valence-electron chi connectivity index (χ0n) is 13.5. The molecule has 0 bridgehead atoms. The van der Waals surface area contributed by atoms with Crippen molar-refractivity contribution >= 4 is 43.4 Å². The molecule has 0 spiro atoms. The number of carbonyl (C=O) groups excluding carboxylic acids is 1. The molecule has 0 N–H and O–H groups in total. The van der Waals surface area contributed by atoms with Gasteiger partial charge in [0, 0.05) is 16.6 Å². The molecule has 1 heterocycles. The molecule has 1 aromatic heterocycles. The van der Waals surface area contributed by atoms with E-state index in [2.05, 4.69) is 32.4 Å². The smallest absolute Gasteiger partial charge is 0.279 e. The van der Waals surface area contributed by atoms with Crippen LogP contribution in [-0.2, 0) is 6.54 Å². The lowest BCUT2D eigenvalue weighted by atomic mass is 10.2. The number of aromatic nitrogens is 1. The topological polar surface area (TPSA) is 43.6 Å². The van der Waals surface area contributed by atoms with E-state index in [0.717, 1.165) is 33.4 Å². The highest BCUT2D eigenvalue weighted by Crippen LogP contribution is 2.27. The molecule has 4 nitrogen and oxygen atoms in total. The van der Waals surface area contributed by atoms with Crippen molar-refractivity contribution in [1.82, 2.24) is 4.57 Å². The minimum atomic E-state index is -0.238. The Kier molecular flexibility index (Phi) is 5.16. The molecule has 124 valence electrons. The van der Waals surface area contributed by atoms with E-state index in [-0.39, 0.29) is 5.91 Å². The molecule has 0 unspecified atom stereocenters. The first kappa shape index (κ1) is 16.9. The van der Waals surface area contributed by atoms with Gasteiger partial charge >= 0.3 is 0 Å². The largest absolute Gasteiger partial charge is 0.495 e. The zero-order chi connectivity index (χ0) is 17.1. The number of methoxy groups -OCH3 is 1. The molecular weight excluding hydrogens is 388 g/mol. The highest BCUT2D eigenvalue weighted by molar-refractivity contribution is 9.10. The van der Waals surface area contributed by atoms with E-state index in [0.29, 0.717) is 10.4 Å². The number of amides is 1. The average Bonchev–Trinajstić information content (AvgIpc) is 2.93. The normalized spacial score (nSPS) is 11.9. The monoisotopic (exact) mass is 404 g/mol. The van der Waals surface area contributed by atoms with Gasteiger partial charge < -0.3 is 9.30 Å². The number of carbonyl (C=O) groups is 1. The van der Waals surface area contributed by atoms with E-state index in [1.165, 1.54) is 11.3 Å². The van der Waals surface area contributed by atoms with Gasteiger partial charge in [0.1, 0.15) is 11.3 Å². The predicted molar refractivity (Wildman–Crippen MR) is 101 cm³/mol. The SMILES string of the molecule is CCCn1c(=NC(=O)c2ccc(Br)cc2)sc2cccc(OC)c21. The number of thiazole rings is 1. The first-order valence-electron chi connectivity index (χ1n) is 7.65. The van der Waals surface area contributed by atoms with Crippen molar-refractivity contribution < 1.29 is 9.53 Å². The Hall–Kier alpha value is -1.92. The molecule has 0 fully saturated rings. The second-order valence-electron chi connectivity index (χ2n) is 5.27. The number of para-hydroxylation sites is 1. The van der Waals surface area contributed by atoms with Crippen LogP contribution in [0.2, 0.25) is 0 Å². The number of rotatable bonds is 4. The van der Waals surface area contributed by atoms with Crippen LogP contribution in [0.5, 0.6) is 5.75 Å². The number of ether oxygens (including phenoxy) is 1. The van der Waals surface area contributed by atoms with Crippen molar-refractivity contribution in [3.05, 3.63) is 57.3 Å². The van der Waals surface area contributed by atoms with Crippen molar-refractivity contribution in [1.29, 1.82) is 0 Å². The Labute approximate surface area is 152 Å². The predicted octanol–water partition coefficient (Wildman–Crippen LogP) is 4.63. The molecule has 6 heteroatoms. The fourth-order valence-electron chi connectivity index (χ4n) is 2.52. The summed E-state index contributed by atoms with van der Waals surface area (Å²) in [5, 5.41) is 0. The summed E-state index contributed by atoms with van der Waals surface area (Å²) in [6, 6.07) is 13.1. The Morgan fingerprint density at radius 1 is 1.25 bits per heavy atom. The van der Waals surface area contributed by atoms with Crippen LogP contribution in [0, 0.1) is 0 Å². The van der Waals surface area contributed by atoms with Gasteiger partial charge in [0.05, 0.1) is 11.8 Å². The molecule has 0 aliphatic carbocycles. The maximum atomic E-state index is 12.5. The summed E-state index contributed by atoms with van der Waals surface area (Å²) in [6.45, 7) is 2.89. The van der Waals surface area contributed by atoms with Crippen LogP contribution in [-0.4, -0.2) is 17.6 Å². The van der Waals surface area contributed by atoms with E-state index in [9.17, 15) is 4.79 Å². The second-order valence-corrected chi connectivity index (χ2v) is 7.19. The molecule has 0 aliphatic heterocycles. The maximum absolute atomic E-state index is 12.5. The van der Waals surface area contributed by atoms with Crippen molar-refractivity contribution in [2.24, 2.45) is 4.99 Å². The first-order chi connectivity index (χ1) is 11.6. The lowest BCUT2D eigenvalue weighted by Gasteiger charge is -2.07. The fraction of sp³-hybridized carbons (Fsp3) is 0.222. The quantitative estimate of drug-likeness (QED) is 0.636. The number of hydrogen-bond acceptors (Lipinski definition) is 3.